The van der Waals surface area contributed by atoms with Gasteiger partial charge in [-0.2, -0.15) is 0 Å². The van der Waals surface area contributed by atoms with Crippen LogP contribution in [0.2, 0.25) is 0 Å². The highest BCUT2D eigenvalue weighted by Gasteiger charge is 2.36. The molecular weight excluding hydrogens is 508 g/mol. The molecule has 5 rings (SSSR count). The number of Topliss-reactive ketones (excluding diaryl/α,β-unsaturated/α-hetero) is 2. The lowest BCUT2D eigenvalue weighted by atomic mass is 9.72. The molecule has 0 spiro atoms. The summed E-state index contributed by atoms with van der Waals surface area (Å²) in [5, 5.41) is 0. The normalized spacial score (nSPS) is 17.1. The molecule has 1 saturated carbocycles. The number of aryl methyl sites for hydroxylation is 1. The van der Waals surface area contributed by atoms with Gasteiger partial charge in [-0.25, -0.2) is 0 Å². The van der Waals surface area contributed by atoms with E-state index in [2.05, 4.69) is 38.1 Å². The van der Waals surface area contributed by atoms with Gasteiger partial charge in [0.15, 0.2) is 11.6 Å². The van der Waals surface area contributed by atoms with Crippen LogP contribution in [0.1, 0.15) is 76.9 Å². The van der Waals surface area contributed by atoms with Gasteiger partial charge < -0.3 is 9.47 Å². The van der Waals surface area contributed by atoms with Crippen LogP contribution in [0.5, 0.6) is 17.2 Å². The lowest BCUT2D eigenvalue weighted by Gasteiger charge is -2.29. The molecule has 0 amide bonds. The first kappa shape index (κ1) is 28.4. The molecule has 4 heteroatoms. The molecule has 1 aliphatic carbocycles. The fourth-order valence-electron chi connectivity index (χ4n) is 5.84. The molecule has 0 radical (unpaired) electrons. The molecule has 1 fully saturated rings. The number of ether oxygens (including phenoxy) is 2. The first-order valence-electron chi connectivity index (χ1n) is 14.4. The van der Waals surface area contributed by atoms with Crippen LogP contribution in [0.3, 0.4) is 0 Å². The fourth-order valence-corrected chi connectivity index (χ4v) is 5.84. The summed E-state index contributed by atoms with van der Waals surface area (Å²) in [4.78, 5) is 26.9. The molecule has 4 aromatic rings. The second-order valence-electron chi connectivity index (χ2n) is 11.6. The van der Waals surface area contributed by atoms with Crippen molar-refractivity contribution in [2.75, 3.05) is 7.11 Å². The van der Waals surface area contributed by atoms with Crippen LogP contribution >= 0.6 is 0 Å². The Morgan fingerprint density at radius 2 is 1.00 bits per heavy atom. The van der Waals surface area contributed by atoms with Crippen molar-refractivity contribution < 1.29 is 19.1 Å². The molecule has 0 heterocycles. The summed E-state index contributed by atoms with van der Waals surface area (Å²) in [7, 11) is 1.67. The number of ketones is 2. The molecule has 2 atom stereocenters. The summed E-state index contributed by atoms with van der Waals surface area (Å²) in [5.41, 5.74) is 4.65. The van der Waals surface area contributed by atoms with E-state index in [1.165, 1.54) is 11.1 Å². The third-order valence-electron chi connectivity index (χ3n) is 8.54. The predicted octanol–water partition coefficient (Wildman–Crippen LogP) is 8.99. The summed E-state index contributed by atoms with van der Waals surface area (Å²) in [5.74, 6) is 1.82. The Morgan fingerprint density at radius 3 is 1.44 bits per heavy atom. The van der Waals surface area contributed by atoms with Crippen molar-refractivity contribution >= 4 is 11.6 Å². The van der Waals surface area contributed by atoms with Crippen LogP contribution in [-0.2, 0) is 5.41 Å². The molecule has 4 nitrogen and oxygen atoms in total. The van der Waals surface area contributed by atoms with Crippen molar-refractivity contribution in [2.24, 2.45) is 11.8 Å². The van der Waals surface area contributed by atoms with Crippen molar-refractivity contribution in [2.45, 2.75) is 51.9 Å². The van der Waals surface area contributed by atoms with E-state index in [-0.39, 0.29) is 28.8 Å². The van der Waals surface area contributed by atoms with E-state index >= 15 is 0 Å². The zero-order chi connectivity index (χ0) is 29.0. The van der Waals surface area contributed by atoms with Crippen LogP contribution in [0.25, 0.3) is 0 Å². The SMILES string of the molecule is COc1ccc(C(C)(C)c2ccc(Oc3ccc(C(=O)[C@H]4CCCC[C@@H]4C(=O)c4ccc(C)cc4)cc3)cc2)cc1. The van der Waals surface area contributed by atoms with Gasteiger partial charge in [-0.05, 0) is 79.4 Å². The van der Waals surface area contributed by atoms with E-state index in [1.54, 1.807) is 7.11 Å². The molecule has 0 unspecified atom stereocenters. The molecule has 0 aliphatic heterocycles. The fraction of sp³-hybridized carbons (Fsp3) is 0.297. The maximum atomic E-state index is 13.6. The van der Waals surface area contributed by atoms with Gasteiger partial charge in [0.25, 0.3) is 0 Å². The molecule has 0 N–H and O–H groups in total. The first-order chi connectivity index (χ1) is 19.8. The van der Waals surface area contributed by atoms with Crippen LogP contribution in [-0.4, -0.2) is 18.7 Å². The van der Waals surface area contributed by atoms with Gasteiger partial charge in [0.2, 0.25) is 0 Å². The van der Waals surface area contributed by atoms with Crippen LogP contribution in [0, 0.1) is 18.8 Å². The lowest BCUT2D eigenvalue weighted by Crippen LogP contribution is -2.33. The second-order valence-corrected chi connectivity index (χ2v) is 11.6. The Balaban J connectivity index is 1.25. The third-order valence-corrected chi connectivity index (χ3v) is 8.54. The molecule has 0 aromatic heterocycles. The van der Waals surface area contributed by atoms with Crippen molar-refractivity contribution in [3.8, 4) is 17.2 Å². The quantitative estimate of drug-likeness (QED) is 0.197. The number of carbonyl (C=O) groups is 2. The molecule has 1 aliphatic rings. The smallest absolute Gasteiger partial charge is 0.166 e. The zero-order valence-electron chi connectivity index (χ0n) is 24.4. The Bertz CT molecular complexity index is 1480. The van der Waals surface area contributed by atoms with E-state index in [0.717, 1.165) is 42.7 Å². The lowest BCUT2D eigenvalue weighted by molar-refractivity contribution is 0.0709. The topological polar surface area (TPSA) is 52.6 Å². The Kier molecular flexibility index (Phi) is 8.39. The van der Waals surface area contributed by atoms with Gasteiger partial charge in [-0.15, -0.1) is 0 Å². The largest absolute Gasteiger partial charge is 0.497 e. The Hall–Kier alpha value is -4.18. The van der Waals surface area contributed by atoms with Gasteiger partial charge in [0.05, 0.1) is 7.11 Å². The highest BCUT2D eigenvalue weighted by molar-refractivity contribution is 6.05. The summed E-state index contributed by atoms with van der Waals surface area (Å²) in [6, 6.07) is 31.3. The monoisotopic (exact) mass is 546 g/mol. The van der Waals surface area contributed by atoms with Crippen molar-refractivity contribution in [1.29, 1.82) is 0 Å². The third kappa shape index (κ3) is 6.27. The summed E-state index contributed by atoms with van der Waals surface area (Å²) < 4.78 is 11.4. The molecule has 41 heavy (non-hydrogen) atoms. The minimum absolute atomic E-state index is 0.0480. The first-order valence-corrected chi connectivity index (χ1v) is 14.4. The number of hydrogen-bond acceptors (Lipinski definition) is 4. The molecule has 210 valence electrons. The molecular formula is C37H38O4. The minimum Gasteiger partial charge on any atom is -0.497 e. The standard InChI is InChI=1S/C37H38O4/c1-25-9-11-26(12-10-25)35(38)33-7-5-6-8-34(33)36(39)27-13-19-31(20-14-27)41-32-23-17-29(18-24-32)37(2,3)28-15-21-30(40-4)22-16-28/h9-24,33-34H,5-8H2,1-4H3/t33-,34-/m0/s1. The Labute approximate surface area is 243 Å². The maximum Gasteiger partial charge on any atom is 0.166 e. The predicted molar refractivity (Wildman–Crippen MR) is 163 cm³/mol. The van der Waals surface area contributed by atoms with Gasteiger partial charge in [0.1, 0.15) is 17.2 Å². The Morgan fingerprint density at radius 1 is 0.610 bits per heavy atom. The van der Waals surface area contributed by atoms with E-state index in [9.17, 15) is 9.59 Å². The number of benzene rings is 4. The average Bonchev–Trinajstić information content (AvgIpc) is 3.01. The number of methoxy groups -OCH3 is 1. The van der Waals surface area contributed by atoms with Crippen molar-refractivity contribution in [3.05, 3.63) is 125 Å². The van der Waals surface area contributed by atoms with E-state index in [0.29, 0.717) is 16.9 Å². The summed E-state index contributed by atoms with van der Waals surface area (Å²) >= 11 is 0. The highest BCUT2D eigenvalue weighted by atomic mass is 16.5. The van der Waals surface area contributed by atoms with E-state index < -0.39 is 0 Å². The van der Waals surface area contributed by atoms with Crippen LogP contribution < -0.4 is 9.47 Å². The van der Waals surface area contributed by atoms with Gasteiger partial charge in [-0.1, -0.05) is 80.8 Å². The molecule has 4 aromatic carbocycles. The number of rotatable bonds is 9. The summed E-state index contributed by atoms with van der Waals surface area (Å²) in [6.45, 7) is 6.41. The minimum atomic E-state index is -0.286. The number of carbonyl (C=O) groups excluding carboxylic acids is 2. The molecule has 0 saturated heterocycles. The van der Waals surface area contributed by atoms with Gasteiger partial charge >= 0.3 is 0 Å². The number of hydrogen-bond donors (Lipinski definition) is 0. The van der Waals surface area contributed by atoms with E-state index in [1.807, 2.05) is 79.7 Å². The maximum absolute atomic E-state index is 13.6. The zero-order valence-corrected chi connectivity index (χ0v) is 24.4. The second kappa shape index (κ2) is 12.1. The van der Waals surface area contributed by atoms with Gasteiger partial charge in [-0.3, -0.25) is 9.59 Å². The highest BCUT2D eigenvalue weighted by Crippen LogP contribution is 2.36. The van der Waals surface area contributed by atoms with E-state index in [4.69, 9.17) is 9.47 Å². The van der Waals surface area contributed by atoms with Crippen molar-refractivity contribution in [1.82, 2.24) is 0 Å². The van der Waals surface area contributed by atoms with Crippen LogP contribution in [0.4, 0.5) is 0 Å². The van der Waals surface area contributed by atoms with Gasteiger partial charge in [0, 0.05) is 28.4 Å². The average molecular weight is 547 g/mol. The molecule has 0 bridgehead atoms. The van der Waals surface area contributed by atoms with Crippen molar-refractivity contribution in [3.63, 3.8) is 0 Å². The summed E-state index contributed by atoms with van der Waals surface area (Å²) in [6.07, 6.45) is 3.46. The van der Waals surface area contributed by atoms with Crippen LogP contribution in [0.15, 0.2) is 97.1 Å².